The van der Waals surface area contributed by atoms with Gasteiger partial charge in [0.1, 0.15) is 31.8 Å². The van der Waals surface area contributed by atoms with E-state index in [1.807, 2.05) is 0 Å². The van der Waals surface area contributed by atoms with Crippen molar-refractivity contribution < 1.29 is 38.1 Å². The topological polar surface area (TPSA) is 105 Å². The molecule has 24 atom stereocenters. The van der Waals surface area contributed by atoms with Crippen LogP contribution in [0.4, 0.5) is 0 Å². The van der Waals surface area contributed by atoms with Gasteiger partial charge in [-0.15, -0.1) is 0 Å². The lowest BCUT2D eigenvalue weighted by Crippen LogP contribution is -2.58. The van der Waals surface area contributed by atoms with Crippen molar-refractivity contribution in [3.63, 3.8) is 0 Å². The van der Waals surface area contributed by atoms with Gasteiger partial charge >= 0.3 is 23.9 Å². The second kappa shape index (κ2) is 25.2. The predicted octanol–water partition coefficient (Wildman–Crippen LogP) is 21.9. The van der Waals surface area contributed by atoms with Crippen LogP contribution in [-0.4, -0.2) is 50.3 Å². The summed E-state index contributed by atoms with van der Waals surface area (Å²) in [6.45, 7) is 38.0. The molecule has 0 radical (unpaired) electrons. The second-order valence-electron chi connectivity index (χ2n) is 40.5. The molecule has 0 amide bonds. The first kappa shape index (κ1) is 70.7. The van der Waals surface area contributed by atoms with Crippen LogP contribution in [0.15, 0.2) is 0 Å². The molecule has 0 N–H and O–H groups in total. The third-order valence-electron chi connectivity index (χ3n) is 35.4. The first-order chi connectivity index (χ1) is 43.7. The zero-order valence-corrected chi connectivity index (χ0v) is 63.0. The van der Waals surface area contributed by atoms with Crippen LogP contribution in [0.3, 0.4) is 0 Å². The molecule has 8 heteroatoms. The molecular formula is C85H140O8. The molecule has 0 saturated heterocycles. The van der Waals surface area contributed by atoms with Gasteiger partial charge in [0.25, 0.3) is 0 Å². The zero-order chi connectivity index (χ0) is 66.9. The van der Waals surface area contributed by atoms with E-state index >= 15 is 19.2 Å². The number of hydrogen-bond donors (Lipinski definition) is 0. The van der Waals surface area contributed by atoms with E-state index in [1.165, 1.54) is 103 Å². The molecule has 0 aromatic carbocycles. The lowest BCUT2D eigenvalue weighted by molar-refractivity contribution is -0.203. The Balaban J connectivity index is 0.875. The van der Waals surface area contributed by atoms with Crippen molar-refractivity contribution in [2.75, 3.05) is 26.4 Å². The molecule has 0 aliphatic heterocycles. The Morgan fingerprint density at radius 3 is 0.688 bits per heavy atom. The lowest BCUT2D eigenvalue weighted by atomic mass is 9.43. The molecule has 93 heavy (non-hydrogen) atoms. The first-order valence-corrected chi connectivity index (χ1v) is 40.4. The quantitative estimate of drug-likeness (QED) is 0.111. The number of hydrogen-bond acceptors (Lipinski definition) is 8. The van der Waals surface area contributed by atoms with Gasteiger partial charge in [-0.2, -0.15) is 0 Å². The normalized spacial score (nSPS) is 50.2. The molecule has 0 aromatic rings. The van der Waals surface area contributed by atoms with Crippen LogP contribution in [0.1, 0.15) is 342 Å². The Morgan fingerprint density at radius 2 is 0.495 bits per heavy atom. The van der Waals surface area contributed by atoms with E-state index in [2.05, 4.69) is 111 Å². The predicted molar refractivity (Wildman–Crippen MR) is 374 cm³/mol. The van der Waals surface area contributed by atoms with Crippen LogP contribution in [0.5, 0.6) is 0 Å². The fraction of sp³-hybridized carbons (Fsp3) is 0.953. The maximum Gasteiger partial charge on any atom is 0.312 e. The summed E-state index contributed by atoms with van der Waals surface area (Å²) < 4.78 is 28.4. The summed E-state index contributed by atoms with van der Waals surface area (Å²) in [5.74, 6) is 5.10. The van der Waals surface area contributed by atoms with E-state index in [9.17, 15) is 0 Å². The van der Waals surface area contributed by atoms with Crippen molar-refractivity contribution in [2.45, 2.75) is 342 Å². The number of rotatable bonds is 16. The molecule has 12 saturated carbocycles. The number of ether oxygens (including phenoxy) is 4. The minimum Gasteiger partial charge on any atom is -0.464 e. The van der Waals surface area contributed by atoms with Crippen molar-refractivity contribution in [1.29, 1.82) is 0 Å². The van der Waals surface area contributed by atoms with Crippen LogP contribution in [-0.2, 0) is 38.1 Å². The lowest BCUT2D eigenvalue weighted by Gasteiger charge is -2.62. The zero-order valence-electron chi connectivity index (χ0n) is 63.0. The van der Waals surface area contributed by atoms with Gasteiger partial charge in [-0.25, -0.2) is 0 Å². The summed E-state index contributed by atoms with van der Waals surface area (Å²) in [6.07, 6.45) is 40.3. The van der Waals surface area contributed by atoms with E-state index in [0.717, 1.165) is 128 Å². The molecular weight excluding hydrogens is 1150 g/mol. The molecule has 528 valence electrons. The first-order valence-electron chi connectivity index (χ1n) is 40.4. The Hall–Kier alpha value is -2.12. The summed E-state index contributed by atoms with van der Waals surface area (Å²) in [7, 11) is 0. The van der Waals surface area contributed by atoms with Crippen molar-refractivity contribution in [2.24, 2.45) is 141 Å². The van der Waals surface area contributed by atoms with Crippen LogP contribution in [0.25, 0.3) is 0 Å². The number of carbonyl (C=O) groups is 4. The van der Waals surface area contributed by atoms with E-state index in [-0.39, 0.29) is 95.6 Å². The molecule has 0 aromatic heterocycles. The Labute approximate surface area is 568 Å². The maximum atomic E-state index is 15.9. The standard InChI is InChI=1S/C85H140O8/c1-17-73(5)45-33-61-57(49-73)25-29-65-77(61,9)37-21-41-81(65,13)69(86)90-53-85(54-91-70(87)82(14)42-22-38-78(10)62-34-46-74(6,18-2)50-58(62)26-30-66(78)82,55-92-71(88)83(15)43-23-39-79(11)63-35-47-75(7,19-3)51-59(63)27-31-67(79)83)56-93-72(89)84(16)44-24-40-80(12)64-36-48-76(8,20-4)52-60(64)28-32-68(80)84/h57-68H,17-56H2,1-16H3/t57-,58-,59-,60-,61-,62-,63-,64-,65+,66+,67+,68+,73+,74+,75+,76+,77+,78+,79+,80+,81+,82+,83+,84+/m0/s1. The molecule has 8 nitrogen and oxygen atoms in total. The molecule has 12 aliphatic rings. The van der Waals surface area contributed by atoms with Gasteiger partial charge in [-0.1, -0.05) is 134 Å². The number of carbonyl (C=O) groups excluding carboxylic acids is 4. The summed E-state index contributed by atoms with van der Waals surface area (Å²) >= 11 is 0. The number of fused-ring (bicyclic) bond motifs is 12. The summed E-state index contributed by atoms with van der Waals surface area (Å²) in [5, 5.41) is 0. The fourth-order valence-electron chi connectivity index (χ4n) is 28.7. The average Bonchev–Trinajstić information content (AvgIpc) is 0.744. The molecule has 12 rings (SSSR count). The van der Waals surface area contributed by atoms with Crippen LogP contribution in [0, 0.1) is 141 Å². The largest absolute Gasteiger partial charge is 0.464 e. The van der Waals surface area contributed by atoms with Crippen molar-refractivity contribution in [3.8, 4) is 0 Å². The minimum atomic E-state index is -1.35. The third-order valence-corrected chi connectivity index (χ3v) is 35.4. The SMILES string of the molecule is CC[C@]1(C)CC[C@H]2[C@@H](CC[C@@H]3[C@]2(C)CCC[C@@]3(C)C(=O)OCC(COC(=O)[C@]2(C)CCC[C@@]3(C)[C@H]2CC[C@H]2C[C@](C)(CC)CC[C@@H]23)(COC(=O)[C@]2(C)CCC[C@@]3(C)[C@H]2CC[C@H]2C[C@](C)(CC)CC[C@@H]23)COC(=O)[C@]2(C)CCC[C@@]3(C)[C@H]2CC[C@H]2C[C@](C)(CC)CC[C@@H]23)C1. The Bertz CT molecular complexity index is 2390. The van der Waals surface area contributed by atoms with Crippen LogP contribution in [0.2, 0.25) is 0 Å². The van der Waals surface area contributed by atoms with Crippen LogP contribution >= 0.6 is 0 Å². The summed E-state index contributed by atoms with van der Waals surface area (Å²) in [6, 6.07) is 0. The third kappa shape index (κ3) is 11.9. The average molecular weight is 1290 g/mol. The van der Waals surface area contributed by atoms with Gasteiger partial charge in [0.2, 0.25) is 0 Å². The Kier molecular flexibility index (Phi) is 19.2. The smallest absolute Gasteiger partial charge is 0.312 e. The Morgan fingerprint density at radius 1 is 0.290 bits per heavy atom. The monoisotopic (exact) mass is 1290 g/mol. The molecule has 0 bridgehead atoms. The van der Waals surface area contributed by atoms with E-state index < -0.39 is 27.1 Å². The molecule has 0 unspecified atom stereocenters. The van der Waals surface area contributed by atoms with Gasteiger partial charge < -0.3 is 18.9 Å². The second-order valence-corrected chi connectivity index (χ2v) is 40.5. The van der Waals surface area contributed by atoms with Crippen molar-refractivity contribution in [3.05, 3.63) is 0 Å². The number of esters is 4. The van der Waals surface area contributed by atoms with E-state index in [4.69, 9.17) is 18.9 Å². The summed E-state index contributed by atoms with van der Waals surface area (Å²) in [4.78, 5) is 63.8. The molecule has 12 fully saturated rings. The highest BCUT2D eigenvalue weighted by atomic mass is 16.6. The highest BCUT2D eigenvalue weighted by Gasteiger charge is 2.66. The van der Waals surface area contributed by atoms with Crippen molar-refractivity contribution >= 4 is 23.9 Å². The van der Waals surface area contributed by atoms with Gasteiger partial charge in [-0.05, 0) is 322 Å². The van der Waals surface area contributed by atoms with E-state index in [1.54, 1.807) is 0 Å². The van der Waals surface area contributed by atoms with Gasteiger partial charge in [0.15, 0.2) is 0 Å². The van der Waals surface area contributed by atoms with Gasteiger partial charge in [0, 0.05) is 0 Å². The maximum absolute atomic E-state index is 15.9. The minimum absolute atomic E-state index is 0.0325. The highest BCUT2D eigenvalue weighted by Crippen LogP contribution is 2.71. The van der Waals surface area contributed by atoms with Crippen molar-refractivity contribution in [1.82, 2.24) is 0 Å². The molecule has 12 aliphatic carbocycles. The van der Waals surface area contributed by atoms with Gasteiger partial charge in [-0.3, -0.25) is 19.2 Å². The fourth-order valence-corrected chi connectivity index (χ4v) is 28.7. The van der Waals surface area contributed by atoms with Gasteiger partial charge in [0.05, 0.1) is 21.7 Å². The van der Waals surface area contributed by atoms with Crippen LogP contribution < -0.4 is 0 Å². The molecule has 0 spiro atoms. The summed E-state index contributed by atoms with van der Waals surface area (Å²) in [5.41, 5.74) is -2.53. The van der Waals surface area contributed by atoms with E-state index in [0.29, 0.717) is 69.0 Å². The molecule has 0 heterocycles. The highest BCUT2D eigenvalue weighted by molar-refractivity contribution is 5.79.